The smallest absolute Gasteiger partial charge is 0.319 e. The Labute approximate surface area is 128 Å². The Morgan fingerprint density at radius 3 is 3.05 bits per heavy atom. The van der Waals surface area contributed by atoms with E-state index in [1.807, 2.05) is 12.1 Å². The predicted octanol–water partition coefficient (Wildman–Crippen LogP) is 2.45. The number of aromatic nitrogens is 3. The molecule has 2 amide bonds. The van der Waals surface area contributed by atoms with Crippen molar-refractivity contribution >= 4 is 11.7 Å². The molecule has 0 spiro atoms. The molecule has 3 N–H and O–H groups in total. The second-order valence-corrected chi connectivity index (χ2v) is 5.29. The van der Waals surface area contributed by atoms with Crippen molar-refractivity contribution in [2.75, 3.05) is 5.32 Å². The second-order valence-electron chi connectivity index (χ2n) is 5.29. The van der Waals surface area contributed by atoms with Gasteiger partial charge in [0.15, 0.2) is 0 Å². The van der Waals surface area contributed by atoms with Crippen molar-refractivity contribution in [1.29, 1.82) is 0 Å². The van der Waals surface area contributed by atoms with E-state index in [0.717, 1.165) is 18.4 Å². The first-order valence-electron chi connectivity index (χ1n) is 7.45. The molecule has 0 atom stereocenters. The highest BCUT2D eigenvalue weighted by atomic mass is 16.5. The maximum atomic E-state index is 11.8. The predicted molar refractivity (Wildman–Crippen MR) is 81.6 cm³/mol. The zero-order valence-electron chi connectivity index (χ0n) is 12.2. The molecule has 22 heavy (non-hydrogen) atoms. The fraction of sp³-hybridized carbons (Fsp3) is 0.400. The molecule has 0 aliphatic heterocycles. The van der Waals surface area contributed by atoms with Crippen molar-refractivity contribution in [1.82, 2.24) is 20.5 Å². The number of carbonyl (C=O) groups is 1. The van der Waals surface area contributed by atoms with Crippen molar-refractivity contribution in [3.05, 3.63) is 36.3 Å². The van der Waals surface area contributed by atoms with Gasteiger partial charge in [-0.05, 0) is 31.7 Å². The zero-order chi connectivity index (χ0) is 15.2. The van der Waals surface area contributed by atoms with Gasteiger partial charge in [-0.15, -0.1) is 0 Å². The fourth-order valence-corrected chi connectivity index (χ4v) is 2.50. The van der Waals surface area contributed by atoms with Crippen LogP contribution in [0.2, 0.25) is 0 Å². The van der Waals surface area contributed by atoms with Gasteiger partial charge >= 0.3 is 6.03 Å². The SMILES string of the molecule is O=C(NCc1cccnc1OC1CCCC1)Nc1cn[nH]c1. The van der Waals surface area contributed by atoms with Gasteiger partial charge < -0.3 is 15.4 Å². The summed E-state index contributed by atoms with van der Waals surface area (Å²) in [5.41, 5.74) is 1.49. The van der Waals surface area contributed by atoms with E-state index in [1.54, 1.807) is 12.4 Å². The number of hydrogen-bond donors (Lipinski definition) is 3. The average molecular weight is 301 g/mol. The van der Waals surface area contributed by atoms with Gasteiger partial charge in [0.2, 0.25) is 5.88 Å². The molecule has 3 rings (SSSR count). The van der Waals surface area contributed by atoms with Crippen molar-refractivity contribution in [2.45, 2.75) is 38.3 Å². The van der Waals surface area contributed by atoms with Crippen LogP contribution < -0.4 is 15.4 Å². The number of pyridine rings is 1. The molecule has 0 saturated heterocycles. The molecular formula is C15H19N5O2. The summed E-state index contributed by atoms with van der Waals surface area (Å²) in [7, 11) is 0. The summed E-state index contributed by atoms with van der Waals surface area (Å²) in [6.07, 6.45) is 9.66. The van der Waals surface area contributed by atoms with E-state index >= 15 is 0 Å². The van der Waals surface area contributed by atoms with Gasteiger partial charge in [-0.3, -0.25) is 5.10 Å². The Kier molecular flexibility index (Phi) is 4.53. The number of anilines is 1. The van der Waals surface area contributed by atoms with Crippen molar-refractivity contribution < 1.29 is 9.53 Å². The van der Waals surface area contributed by atoms with E-state index in [0.29, 0.717) is 18.1 Å². The molecule has 2 heterocycles. The molecule has 0 bridgehead atoms. The molecule has 0 radical (unpaired) electrons. The highest BCUT2D eigenvalue weighted by molar-refractivity contribution is 5.88. The molecule has 2 aromatic rings. The number of H-pyrrole nitrogens is 1. The zero-order valence-corrected chi connectivity index (χ0v) is 12.2. The van der Waals surface area contributed by atoms with Crippen LogP contribution in [0.15, 0.2) is 30.7 Å². The van der Waals surface area contributed by atoms with Gasteiger partial charge in [0, 0.05) is 24.5 Å². The third-order valence-corrected chi connectivity index (χ3v) is 3.63. The van der Waals surface area contributed by atoms with E-state index in [9.17, 15) is 4.79 Å². The van der Waals surface area contributed by atoms with Gasteiger partial charge in [-0.2, -0.15) is 5.10 Å². The van der Waals surface area contributed by atoms with E-state index in [4.69, 9.17) is 4.74 Å². The van der Waals surface area contributed by atoms with Crippen molar-refractivity contribution in [2.24, 2.45) is 0 Å². The highest BCUT2D eigenvalue weighted by Gasteiger charge is 2.18. The average Bonchev–Trinajstić information content (AvgIpc) is 3.20. The number of aromatic amines is 1. The molecule has 0 aromatic carbocycles. The third-order valence-electron chi connectivity index (χ3n) is 3.63. The van der Waals surface area contributed by atoms with Gasteiger partial charge in [0.05, 0.1) is 11.9 Å². The van der Waals surface area contributed by atoms with Crippen LogP contribution in [0.3, 0.4) is 0 Å². The van der Waals surface area contributed by atoms with Crippen LogP contribution in [0.25, 0.3) is 0 Å². The van der Waals surface area contributed by atoms with Gasteiger partial charge in [0.1, 0.15) is 6.10 Å². The number of urea groups is 1. The first-order chi connectivity index (χ1) is 10.8. The molecule has 116 valence electrons. The van der Waals surface area contributed by atoms with Gasteiger partial charge in [0.25, 0.3) is 0 Å². The Morgan fingerprint density at radius 2 is 2.27 bits per heavy atom. The molecule has 1 saturated carbocycles. The highest BCUT2D eigenvalue weighted by Crippen LogP contribution is 2.24. The number of nitrogens with zero attached hydrogens (tertiary/aromatic N) is 2. The quantitative estimate of drug-likeness (QED) is 0.791. The number of carbonyl (C=O) groups excluding carboxylic acids is 1. The fourth-order valence-electron chi connectivity index (χ4n) is 2.50. The molecule has 1 fully saturated rings. The molecule has 1 aliphatic carbocycles. The Balaban J connectivity index is 1.56. The van der Waals surface area contributed by atoms with Crippen LogP contribution in [0, 0.1) is 0 Å². The van der Waals surface area contributed by atoms with E-state index in [-0.39, 0.29) is 12.1 Å². The van der Waals surface area contributed by atoms with E-state index in [2.05, 4.69) is 25.8 Å². The lowest BCUT2D eigenvalue weighted by atomic mass is 10.2. The minimum absolute atomic E-state index is 0.244. The summed E-state index contributed by atoms with van der Waals surface area (Å²) in [5.74, 6) is 0.609. The van der Waals surface area contributed by atoms with Gasteiger partial charge in [-0.1, -0.05) is 6.07 Å². The topological polar surface area (TPSA) is 91.9 Å². The van der Waals surface area contributed by atoms with Crippen molar-refractivity contribution in [3.8, 4) is 5.88 Å². The maximum absolute atomic E-state index is 11.8. The Morgan fingerprint density at radius 1 is 1.41 bits per heavy atom. The largest absolute Gasteiger partial charge is 0.474 e. The summed E-state index contributed by atoms with van der Waals surface area (Å²) in [5, 5.41) is 11.9. The lowest BCUT2D eigenvalue weighted by Crippen LogP contribution is -2.28. The van der Waals surface area contributed by atoms with Gasteiger partial charge in [-0.25, -0.2) is 9.78 Å². The summed E-state index contributed by atoms with van der Waals surface area (Å²) >= 11 is 0. The minimum atomic E-state index is -0.294. The van der Waals surface area contributed by atoms with Crippen LogP contribution in [-0.4, -0.2) is 27.3 Å². The van der Waals surface area contributed by atoms with Crippen LogP contribution >= 0.6 is 0 Å². The summed E-state index contributed by atoms with van der Waals surface area (Å²) in [6.45, 7) is 0.361. The van der Waals surface area contributed by atoms with Crippen molar-refractivity contribution in [3.63, 3.8) is 0 Å². The number of ether oxygens (including phenoxy) is 1. The Hall–Kier alpha value is -2.57. The van der Waals surface area contributed by atoms with E-state index in [1.165, 1.54) is 19.0 Å². The first kappa shape index (κ1) is 14.4. The Bertz CT molecular complexity index is 608. The number of hydrogen-bond acceptors (Lipinski definition) is 4. The third kappa shape index (κ3) is 3.75. The standard InChI is InChI=1S/C15H19N5O2/c21-15(20-12-9-18-19-10-12)17-8-11-4-3-7-16-14(11)22-13-5-1-2-6-13/h3-4,7,9-10,13H,1-2,5-6,8H2,(H,18,19)(H2,17,20,21). The summed E-state index contributed by atoms with van der Waals surface area (Å²) in [6, 6.07) is 3.46. The molecule has 7 nitrogen and oxygen atoms in total. The number of amides is 2. The molecule has 1 aliphatic rings. The molecule has 7 heteroatoms. The second kappa shape index (κ2) is 6.93. The van der Waals surface area contributed by atoms with Crippen LogP contribution in [0.4, 0.5) is 10.5 Å². The number of rotatable bonds is 5. The summed E-state index contributed by atoms with van der Waals surface area (Å²) in [4.78, 5) is 16.1. The molecular weight excluding hydrogens is 282 g/mol. The minimum Gasteiger partial charge on any atom is -0.474 e. The number of nitrogens with one attached hydrogen (secondary N) is 3. The monoisotopic (exact) mass is 301 g/mol. The first-order valence-corrected chi connectivity index (χ1v) is 7.45. The lowest BCUT2D eigenvalue weighted by molar-refractivity contribution is 0.199. The van der Waals surface area contributed by atoms with Crippen LogP contribution in [-0.2, 0) is 6.54 Å². The molecule has 2 aromatic heterocycles. The van der Waals surface area contributed by atoms with Crippen LogP contribution in [0.5, 0.6) is 5.88 Å². The lowest BCUT2D eigenvalue weighted by Gasteiger charge is -2.15. The maximum Gasteiger partial charge on any atom is 0.319 e. The summed E-state index contributed by atoms with van der Waals surface area (Å²) < 4.78 is 5.95. The van der Waals surface area contributed by atoms with Crippen LogP contribution in [0.1, 0.15) is 31.2 Å². The van der Waals surface area contributed by atoms with E-state index < -0.39 is 0 Å². The molecule has 0 unspecified atom stereocenters. The normalized spacial score (nSPS) is 14.7.